The highest BCUT2D eigenvalue weighted by atomic mass is 16.3. The summed E-state index contributed by atoms with van der Waals surface area (Å²) < 4.78 is 0. The fourth-order valence-electron chi connectivity index (χ4n) is 3.79. The Kier molecular flexibility index (Phi) is 10.0. The minimum atomic E-state index is -0.267. The van der Waals surface area contributed by atoms with Crippen LogP contribution in [-0.2, 0) is 4.79 Å². The van der Waals surface area contributed by atoms with Crippen molar-refractivity contribution in [3.63, 3.8) is 0 Å². The third-order valence-electron chi connectivity index (χ3n) is 5.58. The topological polar surface area (TPSA) is 155 Å². The summed E-state index contributed by atoms with van der Waals surface area (Å²) in [6, 6.07) is 14.6. The van der Waals surface area contributed by atoms with E-state index in [1.165, 1.54) is 6.08 Å². The van der Waals surface area contributed by atoms with Crippen molar-refractivity contribution in [3.05, 3.63) is 72.1 Å². The Morgan fingerprint density at radius 3 is 1.67 bits per heavy atom. The van der Waals surface area contributed by atoms with E-state index in [0.29, 0.717) is 49.0 Å². The molecular formula is C26H33N5O5. The van der Waals surface area contributed by atoms with Crippen LogP contribution >= 0.6 is 0 Å². The number of benzene rings is 2. The van der Waals surface area contributed by atoms with E-state index in [4.69, 9.17) is 5.73 Å². The predicted octanol–water partition coefficient (Wildman–Crippen LogP) is 0.762. The van der Waals surface area contributed by atoms with Gasteiger partial charge in [-0.1, -0.05) is 0 Å². The van der Waals surface area contributed by atoms with Gasteiger partial charge in [-0.25, -0.2) is 4.99 Å². The van der Waals surface area contributed by atoms with Crippen molar-refractivity contribution in [2.24, 2.45) is 10.7 Å². The summed E-state index contributed by atoms with van der Waals surface area (Å²) in [5.41, 5.74) is 10.1. The van der Waals surface area contributed by atoms with Gasteiger partial charge in [-0.05, 0) is 54.6 Å². The molecule has 0 aromatic heterocycles. The number of anilines is 3. The molecule has 2 aromatic rings. The number of hydrogen-bond acceptors (Lipinski definition) is 10. The number of nitrogens with zero attached hydrogens (tertiary/aromatic N) is 3. The number of ketones is 1. The number of aliphatic hydroxyl groups excluding tert-OH is 4. The monoisotopic (exact) mass is 495 g/mol. The molecule has 36 heavy (non-hydrogen) atoms. The zero-order chi connectivity index (χ0) is 25.9. The summed E-state index contributed by atoms with van der Waals surface area (Å²) in [7, 11) is 0. The number of aliphatic hydroxyl groups is 4. The Bertz CT molecular complexity index is 1080. The van der Waals surface area contributed by atoms with E-state index in [0.717, 1.165) is 11.4 Å². The lowest BCUT2D eigenvalue weighted by atomic mass is 10.1. The van der Waals surface area contributed by atoms with Gasteiger partial charge < -0.3 is 41.3 Å². The quantitative estimate of drug-likeness (QED) is 0.221. The Morgan fingerprint density at radius 2 is 1.19 bits per heavy atom. The van der Waals surface area contributed by atoms with Gasteiger partial charge >= 0.3 is 0 Å². The molecule has 0 atom stereocenters. The van der Waals surface area contributed by atoms with Crippen molar-refractivity contribution < 1.29 is 25.2 Å². The molecule has 10 nitrogen and oxygen atoms in total. The van der Waals surface area contributed by atoms with E-state index in [9.17, 15) is 25.2 Å². The summed E-state index contributed by atoms with van der Waals surface area (Å²) in [4.78, 5) is 20.9. The summed E-state index contributed by atoms with van der Waals surface area (Å²) in [6.45, 7) is 1.54. The van der Waals surface area contributed by atoms with Crippen molar-refractivity contribution in [1.29, 1.82) is 0 Å². The highest BCUT2D eigenvalue weighted by Crippen LogP contribution is 2.23. The second-order valence-electron chi connectivity index (χ2n) is 8.08. The largest absolute Gasteiger partial charge is 0.397 e. The molecule has 0 unspecified atom stereocenters. The van der Waals surface area contributed by atoms with Crippen molar-refractivity contribution in [3.8, 4) is 0 Å². The number of carbonyl (C=O) groups is 1. The van der Waals surface area contributed by atoms with E-state index in [-0.39, 0.29) is 37.9 Å². The third-order valence-corrected chi connectivity index (χ3v) is 5.58. The highest BCUT2D eigenvalue weighted by Gasteiger charge is 2.18. The molecule has 0 fully saturated rings. The number of hydrogen-bond donors (Lipinski definition) is 6. The minimum absolute atomic E-state index is 0.0215. The summed E-state index contributed by atoms with van der Waals surface area (Å²) >= 11 is 0. The number of allylic oxidation sites excluding steroid dienone is 2. The minimum Gasteiger partial charge on any atom is -0.397 e. The molecule has 0 bridgehead atoms. The molecule has 0 amide bonds. The maximum atomic E-state index is 12.5. The van der Waals surface area contributed by atoms with Crippen LogP contribution in [0.1, 0.15) is 0 Å². The standard InChI is InChI=1S/C26H33N5O5/c27-23-17-26(36)25(29-20-3-7-22(8-4-20)31(11-15-34)12-16-35)18-24(23)28-19-1-5-21(6-2-19)30(9-13-32)10-14-33/h1-8,17-18,29,32-35H,9-16,27H2/b28-24+. The van der Waals surface area contributed by atoms with Crippen LogP contribution in [0, 0.1) is 0 Å². The average molecular weight is 496 g/mol. The predicted molar refractivity (Wildman–Crippen MR) is 142 cm³/mol. The number of carbonyl (C=O) groups excluding carboxylic acids is 1. The summed E-state index contributed by atoms with van der Waals surface area (Å²) in [6.07, 6.45) is 2.94. The van der Waals surface area contributed by atoms with E-state index >= 15 is 0 Å². The van der Waals surface area contributed by atoms with Crippen LogP contribution in [0.2, 0.25) is 0 Å². The van der Waals surface area contributed by atoms with E-state index in [1.807, 2.05) is 46.2 Å². The summed E-state index contributed by atoms with van der Waals surface area (Å²) in [5.74, 6) is -0.267. The fraction of sp³-hybridized carbons (Fsp3) is 0.308. The lowest BCUT2D eigenvalue weighted by Gasteiger charge is -2.23. The van der Waals surface area contributed by atoms with E-state index in [1.54, 1.807) is 18.2 Å². The zero-order valence-corrected chi connectivity index (χ0v) is 20.0. The van der Waals surface area contributed by atoms with Crippen LogP contribution in [-0.4, -0.2) is 84.5 Å². The van der Waals surface area contributed by atoms with Gasteiger partial charge in [0.05, 0.1) is 49.2 Å². The molecule has 0 aliphatic heterocycles. The van der Waals surface area contributed by atoms with Crippen molar-refractivity contribution in [1.82, 2.24) is 0 Å². The number of aliphatic imine (C=N–C) groups is 1. The van der Waals surface area contributed by atoms with Gasteiger partial charge in [0.1, 0.15) is 0 Å². The van der Waals surface area contributed by atoms with Gasteiger partial charge in [0, 0.05) is 49.3 Å². The Hall–Kier alpha value is -3.70. The second kappa shape index (κ2) is 13.4. The highest BCUT2D eigenvalue weighted by molar-refractivity contribution is 6.23. The molecule has 0 saturated heterocycles. The second-order valence-corrected chi connectivity index (χ2v) is 8.08. The van der Waals surface area contributed by atoms with E-state index in [2.05, 4.69) is 10.3 Å². The molecule has 0 radical (unpaired) electrons. The number of nitrogens with one attached hydrogen (secondary N) is 1. The first-order chi connectivity index (χ1) is 17.5. The zero-order valence-electron chi connectivity index (χ0n) is 20.0. The van der Waals surface area contributed by atoms with Gasteiger partial charge in [0.15, 0.2) is 0 Å². The molecule has 0 heterocycles. The first-order valence-electron chi connectivity index (χ1n) is 11.7. The van der Waals surface area contributed by atoms with Gasteiger partial charge in [0.2, 0.25) is 5.78 Å². The maximum Gasteiger partial charge on any atom is 0.204 e. The molecule has 1 aliphatic carbocycles. The summed E-state index contributed by atoms with van der Waals surface area (Å²) in [5, 5.41) is 40.0. The van der Waals surface area contributed by atoms with Gasteiger partial charge in [0.25, 0.3) is 0 Å². The normalized spacial score (nSPS) is 14.4. The van der Waals surface area contributed by atoms with Gasteiger partial charge in [-0.2, -0.15) is 0 Å². The molecule has 7 N–H and O–H groups in total. The van der Waals surface area contributed by atoms with Crippen molar-refractivity contribution >= 4 is 34.2 Å². The van der Waals surface area contributed by atoms with Crippen LogP contribution < -0.4 is 20.9 Å². The molecular weight excluding hydrogens is 462 g/mol. The first-order valence-corrected chi connectivity index (χ1v) is 11.7. The Morgan fingerprint density at radius 1 is 0.722 bits per heavy atom. The van der Waals surface area contributed by atoms with Crippen LogP contribution in [0.15, 0.2) is 77.1 Å². The van der Waals surface area contributed by atoms with Crippen LogP contribution in [0.3, 0.4) is 0 Å². The first kappa shape index (κ1) is 26.9. The molecule has 2 aromatic carbocycles. The van der Waals surface area contributed by atoms with Gasteiger partial charge in [-0.3, -0.25) is 4.79 Å². The van der Waals surface area contributed by atoms with Crippen molar-refractivity contribution in [2.75, 3.05) is 67.7 Å². The smallest absolute Gasteiger partial charge is 0.204 e. The molecule has 10 heteroatoms. The van der Waals surface area contributed by atoms with Crippen LogP contribution in [0.5, 0.6) is 0 Å². The molecule has 192 valence electrons. The molecule has 0 spiro atoms. The van der Waals surface area contributed by atoms with Crippen LogP contribution in [0.4, 0.5) is 22.7 Å². The van der Waals surface area contributed by atoms with Gasteiger partial charge in [-0.15, -0.1) is 0 Å². The van der Waals surface area contributed by atoms with E-state index < -0.39 is 0 Å². The Labute approximate surface area is 210 Å². The van der Waals surface area contributed by atoms with Crippen LogP contribution in [0.25, 0.3) is 0 Å². The Balaban J connectivity index is 1.77. The SMILES string of the molecule is NC1=CC(=O)C(Nc2ccc(N(CCO)CCO)cc2)=C/C1=N\c1ccc(N(CCO)CCO)cc1. The average Bonchev–Trinajstić information content (AvgIpc) is 2.87. The molecule has 3 rings (SSSR count). The molecule has 1 aliphatic rings. The lowest BCUT2D eigenvalue weighted by molar-refractivity contribution is -0.111. The molecule has 0 saturated carbocycles. The van der Waals surface area contributed by atoms with Crippen molar-refractivity contribution in [2.45, 2.75) is 0 Å². The maximum absolute atomic E-state index is 12.5. The number of nitrogens with two attached hydrogens (primary N) is 1. The lowest BCUT2D eigenvalue weighted by Crippen LogP contribution is -2.29. The number of rotatable bonds is 13. The third kappa shape index (κ3) is 7.15. The fourth-order valence-corrected chi connectivity index (χ4v) is 3.79.